The Hall–Kier alpha value is -0.0400. The summed E-state index contributed by atoms with van der Waals surface area (Å²) in [6.07, 6.45) is 13.4. The summed E-state index contributed by atoms with van der Waals surface area (Å²) < 4.78 is 5.26. The van der Waals surface area contributed by atoms with Gasteiger partial charge < -0.3 is 4.74 Å². The SMILES string of the molecule is COCC1CCC(C2CCCCC2)CC1. The molecule has 2 fully saturated rings. The van der Waals surface area contributed by atoms with E-state index in [2.05, 4.69) is 0 Å². The highest BCUT2D eigenvalue weighted by molar-refractivity contribution is 4.79. The van der Waals surface area contributed by atoms with Gasteiger partial charge in [-0.1, -0.05) is 32.1 Å². The third kappa shape index (κ3) is 3.21. The molecule has 0 radical (unpaired) electrons. The van der Waals surface area contributed by atoms with Crippen LogP contribution in [0.5, 0.6) is 0 Å². The van der Waals surface area contributed by atoms with Crippen molar-refractivity contribution in [1.82, 2.24) is 0 Å². The molecule has 1 nitrogen and oxygen atoms in total. The summed E-state index contributed by atoms with van der Waals surface area (Å²) in [5, 5.41) is 0. The van der Waals surface area contributed by atoms with E-state index in [1.165, 1.54) is 57.8 Å². The topological polar surface area (TPSA) is 9.23 Å². The van der Waals surface area contributed by atoms with Crippen LogP contribution < -0.4 is 0 Å². The number of rotatable bonds is 3. The summed E-state index contributed by atoms with van der Waals surface area (Å²) >= 11 is 0. The number of hydrogen-bond acceptors (Lipinski definition) is 1. The molecule has 0 heterocycles. The standard InChI is InChI=1S/C14H26O/c1-15-11-12-7-9-14(10-8-12)13-5-3-2-4-6-13/h12-14H,2-11H2,1H3. The van der Waals surface area contributed by atoms with Crippen LogP contribution in [0.15, 0.2) is 0 Å². The smallest absolute Gasteiger partial charge is 0.0490 e. The van der Waals surface area contributed by atoms with Gasteiger partial charge >= 0.3 is 0 Å². The molecule has 0 bridgehead atoms. The van der Waals surface area contributed by atoms with Gasteiger partial charge in [0, 0.05) is 13.7 Å². The maximum atomic E-state index is 5.26. The lowest BCUT2D eigenvalue weighted by Gasteiger charge is -2.35. The Morgan fingerprint density at radius 3 is 2.00 bits per heavy atom. The highest BCUT2D eigenvalue weighted by Gasteiger charge is 2.28. The molecule has 0 aromatic carbocycles. The zero-order chi connectivity index (χ0) is 10.5. The van der Waals surface area contributed by atoms with Crippen LogP contribution in [0, 0.1) is 17.8 Å². The molecule has 1 heteroatoms. The van der Waals surface area contributed by atoms with Crippen molar-refractivity contribution in [3.05, 3.63) is 0 Å². The second kappa shape index (κ2) is 5.89. The first-order valence-electron chi connectivity index (χ1n) is 6.89. The molecular formula is C14H26O. The predicted octanol–water partition coefficient (Wildman–Crippen LogP) is 4.02. The fourth-order valence-corrected chi connectivity index (χ4v) is 3.67. The highest BCUT2D eigenvalue weighted by Crippen LogP contribution is 2.39. The molecule has 0 aliphatic heterocycles. The largest absolute Gasteiger partial charge is 0.384 e. The third-order valence-corrected chi connectivity index (χ3v) is 4.61. The Labute approximate surface area is 94.6 Å². The molecule has 0 aromatic rings. The lowest BCUT2D eigenvalue weighted by Crippen LogP contribution is -2.25. The van der Waals surface area contributed by atoms with Gasteiger partial charge in [-0.15, -0.1) is 0 Å². The van der Waals surface area contributed by atoms with Crippen LogP contribution in [-0.4, -0.2) is 13.7 Å². The first-order valence-corrected chi connectivity index (χ1v) is 6.89. The van der Waals surface area contributed by atoms with Crippen LogP contribution in [0.25, 0.3) is 0 Å². The van der Waals surface area contributed by atoms with Gasteiger partial charge in [-0.25, -0.2) is 0 Å². The Morgan fingerprint density at radius 1 is 0.800 bits per heavy atom. The van der Waals surface area contributed by atoms with Crippen molar-refractivity contribution >= 4 is 0 Å². The highest BCUT2D eigenvalue weighted by atomic mass is 16.5. The number of methoxy groups -OCH3 is 1. The minimum Gasteiger partial charge on any atom is -0.384 e. The summed E-state index contributed by atoms with van der Waals surface area (Å²) in [5.74, 6) is 3.02. The summed E-state index contributed by atoms with van der Waals surface area (Å²) in [7, 11) is 1.84. The van der Waals surface area contributed by atoms with Gasteiger partial charge in [0.25, 0.3) is 0 Å². The molecule has 88 valence electrons. The van der Waals surface area contributed by atoms with Crippen LogP contribution in [0.1, 0.15) is 57.8 Å². The van der Waals surface area contributed by atoms with Crippen molar-refractivity contribution in [3.63, 3.8) is 0 Å². The van der Waals surface area contributed by atoms with E-state index in [0.29, 0.717) is 0 Å². The van der Waals surface area contributed by atoms with Gasteiger partial charge in [0.1, 0.15) is 0 Å². The predicted molar refractivity (Wildman–Crippen MR) is 63.9 cm³/mol. The molecule has 2 aliphatic carbocycles. The van der Waals surface area contributed by atoms with E-state index >= 15 is 0 Å². The van der Waals surface area contributed by atoms with Gasteiger partial charge in [0.15, 0.2) is 0 Å². The van der Waals surface area contributed by atoms with E-state index < -0.39 is 0 Å². The van der Waals surface area contributed by atoms with Crippen molar-refractivity contribution in [3.8, 4) is 0 Å². The molecule has 0 atom stereocenters. The number of hydrogen-bond donors (Lipinski definition) is 0. The molecule has 15 heavy (non-hydrogen) atoms. The molecule has 0 unspecified atom stereocenters. The van der Waals surface area contributed by atoms with E-state index in [4.69, 9.17) is 4.74 Å². The van der Waals surface area contributed by atoms with Crippen LogP contribution in [0.2, 0.25) is 0 Å². The van der Waals surface area contributed by atoms with E-state index in [9.17, 15) is 0 Å². The maximum absolute atomic E-state index is 5.26. The van der Waals surface area contributed by atoms with Crippen LogP contribution >= 0.6 is 0 Å². The Balaban J connectivity index is 1.72. The normalized spacial score (nSPS) is 34.2. The van der Waals surface area contributed by atoms with Gasteiger partial charge in [-0.05, 0) is 43.4 Å². The lowest BCUT2D eigenvalue weighted by molar-refractivity contribution is 0.0985. The van der Waals surface area contributed by atoms with E-state index in [0.717, 1.165) is 24.4 Å². The van der Waals surface area contributed by atoms with Gasteiger partial charge in [0.2, 0.25) is 0 Å². The first kappa shape index (κ1) is 11.4. The van der Waals surface area contributed by atoms with E-state index in [1.54, 1.807) is 0 Å². The average Bonchev–Trinajstić information content (AvgIpc) is 2.32. The molecule has 0 N–H and O–H groups in total. The maximum Gasteiger partial charge on any atom is 0.0490 e. The molecule has 0 saturated heterocycles. The monoisotopic (exact) mass is 210 g/mol. The quantitative estimate of drug-likeness (QED) is 0.683. The van der Waals surface area contributed by atoms with Gasteiger partial charge in [-0.3, -0.25) is 0 Å². The minimum absolute atomic E-state index is 0.870. The van der Waals surface area contributed by atoms with E-state index in [1.807, 2.05) is 7.11 Å². The lowest BCUT2D eigenvalue weighted by atomic mass is 9.71. The molecule has 0 aromatic heterocycles. The molecule has 0 amide bonds. The van der Waals surface area contributed by atoms with Crippen molar-refractivity contribution in [2.24, 2.45) is 17.8 Å². The van der Waals surface area contributed by atoms with Crippen molar-refractivity contribution < 1.29 is 4.74 Å². The minimum atomic E-state index is 0.870. The summed E-state index contributed by atoms with van der Waals surface area (Å²) in [4.78, 5) is 0. The molecule has 2 saturated carbocycles. The summed E-state index contributed by atoms with van der Waals surface area (Å²) in [6.45, 7) is 0.997. The summed E-state index contributed by atoms with van der Waals surface area (Å²) in [5.41, 5.74) is 0. The zero-order valence-electron chi connectivity index (χ0n) is 10.2. The molecule has 0 spiro atoms. The molecule has 2 rings (SSSR count). The van der Waals surface area contributed by atoms with Gasteiger partial charge in [0.05, 0.1) is 0 Å². The zero-order valence-corrected chi connectivity index (χ0v) is 10.2. The molecular weight excluding hydrogens is 184 g/mol. The Kier molecular flexibility index (Phi) is 4.49. The third-order valence-electron chi connectivity index (χ3n) is 4.61. The first-order chi connectivity index (χ1) is 7.40. The average molecular weight is 210 g/mol. The number of ether oxygens (including phenoxy) is 1. The van der Waals surface area contributed by atoms with Crippen LogP contribution in [0.4, 0.5) is 0 Å². The fraction of sp³-hybridized carbons (Fsp3) is 1.00. The Bertz CT molecular complexity index is 164. The fourth-order valence-electron chi connectivity index (χ4n) is 3.67. The summed E-state index contributed by atoms with van der Waals surface area (Å²) in [6, 6.07) is 0. The van der Waals surface area contributed by atoms with Crippen molar-refractivity contribution in [2.45, 2.75) is 57.8 Å². The van der Waals surface area contributed by atoms with Crippen LogP contribution in [-0.2, 0) is 4.74 Å². The van der Waals surface area contributed by atoms with E-state index in [-0.39, 0.29) is 0 Å². The van der Waals surface area contributed by atoms with Crippen molar-refractivity contribution in [2.75, 3.05) is 13.7 Å². The van der Waals surface area contributed by atoms with Gasteiger partial charge in [-0.2, -0.15) is 0 Å². The van der Waals surface area contributed by atoms with Crippen LogP contribution in [0.3, 0.4) is 0 Å². The van der Waals surface area contributed by atoms with Crippen molar-refractivity contribution in [1.29, 1.82) is 0 Å². The Morgan fingerprint density at radius 2 is 1.40 bits per heavy atom. The second-order valence-corrected chi connectivity index (χ2v) is 5.63. The second-order valence-electron chi connectivity index (χ2n) is 5.63. The molecule has 2 aliphatic rings.